The first-order valence-corrected chi connectivity index (χ1v) is 12.6. The SMILES string of the molecule is COc1ccc(C(F)(F)F)cc1S(=O)(=O)N1CCN2C[C@H](Oc3cnc(C4CC4)cn3)C[C@H]2C1. The molecule has 3 fully saturated rings. The zero-order valence-electron chi connectivity index (χ0n) is 18.5. The zero-order chi connectivity index (χ0) is 24.1. The van der Waals surface area contributed by atoms with Crippen LogP contribution in [-0.2, 0) is 16.2 Å². The normalized spacial score (nSPS) is 24.1. The van der Waals surface area contributed by atoms with Gasteiger partial charge in [0.1, 0.15) is 16.7 Å². The number of hydrogen-bond acceptors (Lipinski definition) is 7. The van der Waals surface area contributed by atoms with Gasteiger partial charge >= 0.3 is 6.18 Å². The van der Waals surface area contributed by atoms with Crippen LogP contribution in [0.5, 0.6) is 11.6 Å². The lowest BCUT2D eigenvalue weighted by molar-refractivity contribution is -0.137. The number of rotatable bonds is 6. The Labute approximate surface area is 195 Å². The Morgan fingerprint density at radius 1 is 1.09 bits per heavy atom. The molecule has 0 bridgehead atoms. The molecular weight excluding hydrogens is 473 g/mol. The van der Waals surface area contributed by atoms with E-state index < -0.39 is 26.7 Å². The van der Waals surface area contributed by atoms with Crippen molar-refractivity contribution in [2.24, 2.45) is 0 Å². The van der Waals surface area contributed by atoms with Crippen LogP contribution in [0.2, 0.25) is 0 Å². The molecular formula is C22H25F3N4O4S. The molecule has 184 valence electrons. The number of ether oxygens (including phenoxy) is 2. The van der Waals surface area contributed by atoms with Crippen molar-refractivity contribution in [1.29, 1.82) is 0 Å². The number of aromatic nitrogens is 2. The van der Waals surface area contributed by atoms with Crippen molar-refractivity contribution in [3.8, 4) is 11.6 Å². The van der Waals surface area contributed by atoms with Gasteiger partial charge in [0.05, 0.1) is 30.8 Å². The number of nitrogens with zero attached hydrogens (tertiary/aromatic N) is 4. The largest absolute Gasteiger partial charge is 0.495 e. The maximum atomic E-state index is 13.3. The number of sulfonamides is 1. The summed E-state index contributed by atoms with van der Waals surface area (Å²) in [7, 11) is -2.96. The first-order valence-electron chi connectivity index (χ1n) is 11.1. The molecule has 2 aromatic rings. The molecule has 2 atom stereocenters. The fourth-order valence-corrected chi connectivity index (χ4v) is 6.26. The molecule has 0 amide bonds. The number of hydrogen-bond donors (Lipinski definition) is 0. The van der Waals surface area contributed by atoms with Crippen molar-refractivity contribution in [3.63, 3.8) is 0 Å². The number of halogens is 3. The van der Waals surface area contributed by atoms with Gasteiger partial charge in [-0.25, -0.2) is 13.4 Å². The molecule has 2 saturated heterocycles. The fraction of sp³-hybridized carbons (Fsp3) is 0.545. The van der Waals surface area contributed by atoms with Crippen molar-refractivity contribution in [3.05, 3.63) is 41.9 Å². The van der Waals surface area contributed by atoms with Crippen LogP contribution in [0, 0.1) is 0 Å². The average molecular weight is 499 g/mol. The Balaban J connectivity index is 1.28. The summed E-state index contributed by atoms with van der Waals surface area (Å²) < 4.78 is 78.6. The Morgan fingerprint density at radius 3 is 2.53 bits per heavy atom. The number of piperazine rings is 1. The smallest absolute Gasteiger partial charge is 0.416 e. The highest BCUT2D eigenvalue weighted by Crippen LogP contribution is 2.39. The van der Waals surface area contributed by atoms with Crippen molar-refractivity contribution in [2.75, 3.05) is 33.3 Å². The van der Waals surface area contributed by atoms with Gasteiger partial charge in [0, 0.05) is 44.6 Å². The van der Waals surface area contributed by atoms with Crippen LogP contribution < -0.4 is 9.47 Å². The van der Waals surface area contributed by atoms with E-state index in [1.807, 2.05) is 0 Å². The molecule has 1 aliphatic carbocycles. The third kappa shape index (κ3) is 4.58. The summed E-state index contributed by atoms with van der Waals surface area (Å²) in [4.78, 5) is 10.4. The van der Waals surface area contributed by atoms with Crippen molar-refractivity contribution in [1.82, 2.24) is 19.2 Å². The van der Waals surface area contributed by atoms with Gasteiger partial charge in [-0.2, -0.15) is 17.5 Å². The molecule has 0 spiro atoms. The van der Waals surface area contributed by atoms with E-state index in [0.717, 1.165) is 30.7 Å². The third-order valence-corrected chi connectivity index (χ3v) is 8.47. The van der Waals surface area contributed by atoms with Crippen molar-refractivity contribution < 1.29 is 31.1 Å². The minimum absolute atomic E-state index is 0.107. The molecule has 1 aromatic heterocycles. The minimum atomic E-state index is -4.66. The predicted octanol–water partition coefficient (Wildman–Crippen LogP) is 2.91. The van der Waals surface area contributed by atoms with Gasteiger partial charge in [0.25, 0.3) is 0 Å². The predicted molar refractivity (Wildman–Crippen MR) is 115 cm³/mol. The quantitative estimate of drug-likeness (QED) is 0.606. The van der Waals surface area contributed by atoms with Crippen molar-refractivity contribution >= 4 is 10.0 Å². The van der Waals surface area contributed by atoms with Crippen LogP contribution >= 0.6 is 0 Å². The third-order valence-electron chi connectivity index (χ3n) is 6.58. The first kappa shape index (κ1) is 23.3. The monoisotopic (exact) mass is 498 g/mol. The zero-order valence-corrected chi connectivity index (χ0v) is 19.3. The minimum Gasteiger partial charge on any atom is -0.495 e. The van der Waals surface area contributed by atoms with E-state index in [1.54, 1.807) is 12.4 Å². The molecule has 12 heteroatoms. The molecule has 34 heavy (non-hydrogen) atoms. The van der Waals surface area contributed by atoms with Crippen LogP contribution in [0.25, 0.3) is 0 Å². The highest BCUT2D eigenvalue weighted by Gasteiger charge is 2.42. The molecule has 5 rings (SSSR count). The van der Waals surface area contributed by atoms with Gasteiger partial charge in [0.15, 0.2) is 0 Å². The lowest BCUT2D eigenvalue weighted by atomic mass is 10.2. The summed E-state index contributed by atoms with van der Waals surface area (Å²) in [6.07, 6.45) is 1.40. The second-order valence-corrected chi connectivity index (χ2v) is 10.8. The summed E-state index contributed by atoms with van der Waals surface area (Å²) in [5, 5.41) is 0. The fourth-order valence-electron chi connectivity index (χ4n) is 4.61. The summed E-state index contributed by atoms with van der Waals surface area (Å²) in [5.74, 6) is 0.828. The Kier molecular flexibility index (Phi) is 5.93. The molecule has 0 unspecified atom stereocenters. The highest BCUT2D eigenvalue weighted by molar-refractivity contribution is 7.89. The molecule has 0 N–H and O–H groups in total. The Hall–Kier alpha value is -2.44. The average Bonchev–Trinajstić information content (AvgIpc) is 3.58. The number of fused-ring (bicyclic) bond motifs is 1. The van der Waals surface area contributed by atoms with Gasteiger partial charge < -0.3 is 9.47 Å². The molecule has 1 saturated carbocycles. The van der Waals surface area contributed by atoms with Gasteiger partial charge in [-0.05, 0) is 31.0 Å². The standard InChI is InChI=1S/C22H25F3N4O4S/c1-32-19-5-4-15(22(23,24)25)8-20(19)34(30,31)29-7-6-28-13-17(9-16(28)12-29)33-21-11-26-18(10-27-21)14-2-3-14/h4-5,8,10-11,14,16-17H,2-3,6-7,9,12-13H2,1H3/t16-,17+/m0/s1. The van der Waals surface area contributed by atoms with E-state index in [4.69, 9.17) is 9.47 Å². The molecule has 8 nitrogen and oxygen atoms in total. The molecule has 1 aromatic carbocycles. The van der Waals surface area contributed by atoms with Gasteiger partial charge in [0.2, 0.25) is 15.9 Å². The van der Waals surface area contributed by atoms with Gasteiger partial charge in [-0.15, -0.1) is 0 Å². The molecule has 0 radical (unpaired) electrons. The number of alkyl halides is 3. The summed E-state index contributed by atoms with van der Waals surface area (Å²) in [6.45, 7) is 1.41. The highest BCUT2D eigenvalue weighted by atomic mass is 32.2. The van der Waals surface area contributed by atoms with Crippen molar-refractivity contribution in [2.45, 2.75) is 48.4 Å². The van der Waals surface area contributed by atoms with Crippen LogP contribution in [0.15, 0.2) is 35.5 Å². The van der Waals surface area contributed by atoms with Crippen LogP contribution in [0.4, 0.5) is 13.2 Å². The van der Waals surface area contributed by atoms with Gasteiger partial charge in [-0.3, -0.25) is 9.88 Å². The number of benzene rings is 1. The molecule has 3 heterocycles. The maximum absolute atomic E-state index is 13.3. The summed E-state index contributed by atoms with van der Waals surface area (Å²) in [6, 6.07) is 2.39. The van der Waals surface area contributed by atoms with E-state index >= 15 is 0 Å². The van der Waals surface area contributed by atoms with Crippen LogP contribution in [0.1, 0.15) is 36.4 Å². The summed E-state index contributed by atoms with van der Waals surface area (Å²) in [5.41, 5.74) is -0.0595. The van der Waals surface area contributed by atoms with E-state index in [2.05, 4.69) is 14.9 Å². The second kappa shape index (κ2) is 8.65. The summed E-state index contributed by atoms with van der Waals surface area (Å²) >= 11 is 0. The molecule has 2 aliphatic heterocycles. The topological polar surface area (TPSA) is 84.9 Å². The van der Waals surface area contributed by atoms with E-state index in [-0.39, 0.29) is 31.0 Å². The van der Waals surface area contributed by atoms with Crippen LogP contribution in [0.3, 0.4) is 0 Å². The van der Waals surface area contributed by atoms with E-state index in [1.165, 1.54) is 11.4 Å². The first-order chi connectivity index (χ1) is 16.1. The molecule has 3 aliphatic rings. The second-order valence-electron chi connectivity index (χ2n) is 8.90. The van der Waals surface area contributed by atoms with E-state index in [0.29, 0.717) is 37.4 Å². The van der Waals surface area contributed by atoms with E-state index in [9.17, 15) is 21.6 Å². The Bertz CT molecular complexity index is 1160. The lowest BCUT2D eigenvalue weighted by Gasteiger charge is -2.36. The maximum Gasteiger partial charge on any atom is 0.416 e. The van der Waals surface area contributed by atoms with Gasteiger partial charge in [-0.1, -0.05) is 0 Å². The lowest BCUT2D eigenvalue weighted by Crippen LogP contribution is -2.52. The van der Waals surface area contributed by atoms with Crippen LogP contribution in [-0.4, -0.2) is 73.0 Å². The number of methoxy groups -OCH3 is 1. The Morgan fingerprint density at radius 2 is 1.88 bits per heavy atom.